The standard InChI is InChI=1S/C9H14F2/c1-2-3-4-5-6-7-8-9(10)11/h6-8H,2-5H2,1H3. The summed E-state index contributed by atoms with van der Waals surface area (Å²) in [6, 6.07) is 0. The van der Waals surface area contributed by atoms with Gasteiger partial charge in [-0.25, -0.2) is 0 Å². The van der Waals surface area contributed by atoms with Crippen LogP contribution in [0.3, 0.4) is 0 Å². The minimum absolute atomic E-state index is 0.825. The number of hydrogen-bond acceptors (Lipinski definition) is 0. The fourth-order valence-corrected chi connectivity index (χ4v) is 0.749. The molecule has 0 saturated carbocycles. The Labute approximate surface area is 66.6 Å². The summed E-state index contributed by atoms with van der Waals surface area (Å²) in [5.41, 5.74) is 0. The van der Waals surface area contributed by atoms with Gasteiger partial charge in [0.1, 0.15) is 0 Å². The van der Waals surface area contributed by atoms with E-state index in [0.717, 1.165) is 18.9 Å². The third-order valence-electron chi connectivity index (χ3n) is 1.33. The van der Waals surface area contributed by atoms with Crippen LogP contribution in [-0.2, 0) is 0 Å². The zero-order chi connectivity index (χ0) is 8.53. The Morgan fingerprint density at radius 2 is 2.00 bits per heavy atom. The lowest BCUT2D eigenvalue weighted by atomic mass is 10.2. The molecule has 0 aliphatic rings. The average molecular weight is 160 g/mol. The van der Waals surface area contributed by atoms with Crippen molar-refractivity contribution in [2.45, 2.75) is 32.6 Å². The summed E-state index contributed by atoms with van der Waals surface area (Å²) >= 11 is 0. The van der Waals surface area contributed by atoms with Crippen LogP contribution < -0.4 is 0 Å². The summed E-state index contributed by atoms with van der Waals surface area (Å²) in [6.45, 7) is 2.12. The van der Waals surface area contributed by atoms with E-state index in [1.54, 1.807) is 6.08 Å². The first kappa shape index (κ1) is 10.3. The molecule has 0 radical (unpaired) electrons. The molecule has 0 aliphatic heterocycles. The van der Waals surface area contributed by atoms with E-state index in [-0.39, 0.29) is 0 Å². The van der Waals surface area contributed by atoms with E-state index in [9.17, 15) is 8.78 Å². The van der Waals surface area contributed by atoms with Crippen molar-refractivity contribution in [3.8, 4) is 0 Å². The maximum atomic E-state index is 11.4. The lowest BCUT2D eigenvalue weighted by Crippen LogP contribution is -1.69. The van der Waals surface area contributed by atoms with Gasteiger partial charge in [0.25, 0.3) is 6.08 Å². The topological polar surface area (TPSA) is 0 Å². The second-order valence-electron chi connectivity index (χ2n) is 2.38. The first-order valence-corrected chi connectivity index (χ1v) is 3.95. The molecule has 0 unspecified atom stereocenters. The lowest BCUT2D eigenvalue weighted by Gasteiger charge is -1.89. The molecule has 0 fully saturated rings. The molecule has 0 amide bonds. The molecule has 0 aromatic heterocycles. The summed E-state index contributed by atoms with van der Waals surface area (Å²) < 4.78 is 22.8. The summed E-state index contributed by atoms with van der Waals surface area (Å²) in [6.07, 6.45) is 6.71. The molecule has 0 saturated heterocycles. The fraction of sp³-hybridized carbons (Fsp3) is 0.556. The molecule has 64 valence electrons. The molecule has 0 bridgehead atoms. The molecule has 0 aromatic carbocycles. The average Bonchev–Trinajstić information content (AvgIpc) is 1.96. The Bertz CT molecular complexity index is 132. The first-order valence-electron chi connectivity index (χ1n) is 3.95. The molecular weight excluding hydrogens is 146 g/mol. The highest BCUT2D eigenvalue weighted by molar-refractivity contribution is 5.02. The summed E-state index contributed by atoms with van der Waals surface area (Å²) in [4.78, 5) is 0. The lowest BCUT2D eigenvalue weighted by molar-refractivity contribution is 0.422. The van der Waals surface area contributed by atoms with Crippen LogP contribution in [0.4, 0.5) is 8.78 Å². The van der Waals surface area contributed by atoms with Gasteiger partial charge in [-0.2, -0.15) is 8.78 Å². The van der Waals surface area contributed by atoms with E-state index in [0.29, 0.717) is 0 Å². The highest BCUT2D eigenvalue weighted by atomic mass is 19.3. The van der Waals surface area contributed by atoms with E-state index < -0.39 is 6.08 Å². The zero-order valence-electron chi connectivity index (χ0n) is 6.82. The van der Waals surface area contributed by atoms with Crippen LogP contribution in [0, 0.1) is 0 Å². The van der Waals surface area contributed by atoms with Gasteiger partial charge >= 0.3 is 0 Å². The predicted octanol–water partition coefficient (Wildman–Crippen LogP) is 3.90. The van der Waals surface area contributed by atoms with Crippen molar-refractivity contribution in [2.24, 2.45) is 0 Å². The van der Waals surface area contributed by atoms with E-state index >= 15 is 0 Å². The molecule has 11 heavy (non-hydrogen) atoms. The zero-order valence-corrected chi connectivity index (χ0v) is 6.82. The van der Waals surface area contributed by atoms with Crippen LogP contribution in [0.2, 0.25) is 0 Å². The Kier molecular flexibility index (Phi) is 7.00. The maximum absolute atomic E-state index is 11.4. The van der Waals surface area contributed by atoms with Gasteiger partial charge in [0.15, 0.2) is 0 Å². The van der Waals surface area contributed by atoms with Crippen molar-refractivity contribution in [1.82, 2.24) is 0 Å². The third-order valence-corrected chi connectivity index (χ3v) is 1.33. The van der Waals surface area contributed by atoms with Gasteiger partial charge in [-0.05, 0) is 12.8 Å². The Morgan fingerprint density at radius 1 is 1.27 bits per heavy atom. The van der Waals surface area contributed by atoms with Crippen LogP contribution in [0.15, 0.2) is 24.3 Å². The number of allylic oxidation sites excluding steroid dienone is 3. The Balaban J connectivity index is 3.23. The minimum Gasteiger partial charge on any atom is -0.173 e. The van der Waals surface area contributed by atoms with Gasteiger partial charge in [0.2, 0.25) is 0 Å². The molecule has 2 heteroatoms. The maximum Gasteiger partial charge on any atom is 0.270 e. The van der Waals surface area contributed by atoms with Crippen molar-refractivity contribution in [1.29, 1.82) is 0 Å². The fourth-order valence-electron chi connectivity index (χ4n) is 0.749. The van der Waals surface area contributed by atoms with Gasteiger partial charge in [-0.15, -0.1) is 0 Å². The van der Waals surface area contributed by atoms with Gasteiger partial charge in [0.05, 0.1) is 0 Å². The van der Waals surface area contributed by atoms with Gasteiger partial charge < -0.3 is 0 Å². The molecule has 0 aliphatic carbocycles. The van der Waals surface area contributed by atoms with Crippen molar-refractivity contribution < 1.29 is 8.78 Å². The van der Waals surface area contributed by atoms with Crippen molar-refractivity contribution in [3.63, 3.8) is 0 Å². The van der Waals surface area contributed by atoms with E-state index in [4.69, 9.17) is 0 Å². The predicted molar refractivity (Wildman–Crippen MR) is 43.6 cm³/mol. The van der Waals surface area contributed by atoms with E-state index in [1.165, 1.54) is 18.9 Å². The molecule has 0 atom stereocenters. The van der Waals surface area contributed by atoms with Crippen LogP contribution in [0.1, 0.15) is 32.6 Å². The summed E-state index contributed by atoms with van der Waals surface area (Å²) in [5.74, 6) is 0. The highest BCUT2D eigenvalue weighted by Gasteiger charge is 1.82. The molecule has 0 rings (SSSR count). The Hall–Kier alpha value is -0.660. The second kappa shape index (κ2) is 7.45. The molecular formula is C9H14F2. The third kappa shape index (κ3) is 9.34. The number of halogens is 2. The number of unbranched alkanes of at least 4 members (excludes halogenated alkanes) is 3. The highest BCUT2D eigenvalue weighted by Crippen LogP contribution is 2.01. The molecule has 0 nitrogen and oxygen atoms in total. The van der Waals surface area contributed by atoms with Gasteiger partial charge in [-0.3, -0.25) is 0 Å². The monoisotopic (exact) mass is 160 g/mol. The van der Waals surface area contributed by atoms with E-state index in [1.807, 2.05) is 0 Å². The quantitative estimate of drug-likeness (QED) is 0.422. The molecule has 0 aromatic rings. The van der Waals surface area contributed by atoms with Crippen molar-refractivity contribution in [2.75, 3.05) is 0 Å². The Morgan fingerprint density at radius 3 is 2.55 bits per heavy atom. The molecule has 0 heterocycles. The van der Waals surface area contributed by atoms with Crippen LogP contribution in [-0.4, -0.2) is 0 Å². The first-order chi connectivity index (χ1) is 5.27. The SMILES string of the molecule is CCCCCC=CC=C(F)F. The smallest absolute Gasteiger partial charge is 0.173 e. The van der Waals surface area contributed by atoms with Crippen molar-refractivity contribution in [3.05, 3.63) is 24.3 Å². The normalized spacial score (nSPS) is 10.5. The van der Waals surface area contributed by atoms with Gasteiger partial charge in [-0.1, -0.05) is 31.9 Å². The van der Waals surface area contributed by atoms with Crippen LogP contribution in [0.5, 0.6) is 0 Å². The van der Waals surface area contributed by atoms with E-state index in [2.05, 4.69) is 6.92 Å². The van der Waals surface area contributed by atoms with Gasteiger partial charge in [0, 0.05) is 6.08 Å². The molecule has 0 N–H and O–H groups in total. The van der Waals surface area contributed by atoms with Crippen LogP contribution >= 0.6 is 0 Å². The largest absolute Gasteiger partial charge is 0.270 e. The number of hydrogen-bond donors (Lipinski definition) is 0. The second-order valence-corrected chi connectivity index (χ2v) is 2.38. The summed E-state index contributed by atoms with van der Waals surface area (Å²) in [7, 11) is 0. The minimum atomic E-state index is -1.63. The number of rotatable bonds is 5. The van der Waals surface area contributed by atoms with Crippen molar-refractivity contribution >= 4 is 0 Å². The summed E-state index contributed by atoms with van der Waals surface area (Å²) in [5, 5.41) is 0. The molecule has 0 spiro atoms. The van der Waals surface area contributed by atoms with Crippen LogP contribution in [0.25, 0.3) is 0 Å².